The van der Waals surface area contributed by atoms with E-state index >= 15 is 0 Å². The number of hydrogen-bond acceptors (Lipinski definition) is 3. The van der Waals surface area contributed by atoms with Crippen molar-refractivity contribution in [3.8, 4) is 0 Å². The molecule has 6 rings (SSSR count). The molecule has 6 unspecified atom stereocenters. The Morgan fingerprint density at radius 3 is 2.61 bits per heavy atom. The number of fused-ring (bicyclic) bond motifs is 5. The number of carbonyl (C=O) groups excluding carboxylic acids is 3. The van der Waals surface area contributed by atoms with E-state index in [1.807, 2.05) is 4.90 Å². The number of piperidine rings is 1. The molecule has 0 radical (unpaired) electrons. The molecule has 3 saturated carbocycles. The van der Waals surface area contributed by atoms with Gasteiger partial charge in [0.1, 0.15) is 11.6 Å². The fourth-order valence-corrected chi connectivity index (χ4v) is 7.84. The van der Waals surface area contributed by atoms with Gasteiger partial charge in [-0.2, -0.15) is 0 Å². The SMILES string of the molecule is O=C1C(CC(=O)N2CCC3CCCCC3C2)C(=O)[C@H]2C3CC4CCC(C=C43)[C@@H]12. The third-order valence-electron chi connectivity index (χ3n) is 9.34. The summed E-state index contributed by atoms with van der Waals surface area (Å²) in [7, 11) is 0. The van der Waals surface area contributed by atoms with Crippen molar-refractivity contribution in [2.45, 2.75) is 57.8 Å². The topological polar surface area (TPSA) is 54.5 Å². The summed E-state index contributed by atoms with van der Waals surface area (Å²) in [6.07, 6.45) is 12.1. The van der Waals surface area contributed by atoms with Crippen LogP contribution in [0.3, 0.4) is 0 Å². The fraction of sp³-hybridized carbons (Fsp3) is 0.792. The van der Waals surface area contributed by atoms with Crippen molar-refractivity contribution in [1.29, 1.82) is 0 Å². The standard InChI is InChI=1S/C24H31NO3/c26-20(25-8-7-13-3-1-2-4-16(13)12-25)11-19-23(27)21-15-6-5-14-9-18(17(14)10-15)22(21)24(19)28/h10,13-16,18-19,21-22H,1-9,11-12H2/t13?,14?,15?,16?,18?,19?,21-,22+/m1/s1. The van der Waals surface area contributed by atoms with E-state index < -0.39 is 5.92 Å². The van der Waals surface area contributed by atoms with Crippen LogP contribution in [-0.4, -0.2) is 35.5 Å². The van der Waals surface area contributed by atoms with Gasteiger partial charge in [-0.1, -0.05) is 30.9 Å². The van der Waals surface area contributed by atoms with Crippen LogP contribution in [0, 0.1) is 47.3 Å². The molecule has 6 aliphatic rings. The zero-order valence-electron chi connectivity index (χ0n) is 16.6. The predicted octanol–water partition coefficient (Wildman–Crippen LogP) is 3.40. The first kappa shape index (κ1) is 17.4. The summed E-state index contributed by atoms with van der Waals surface area (Å²) in [5.74, 6) is 2.08. The Hall–Kier alpha value is -1.45. The van der Waals surface area contributed by atoms with E-state index in [1.54, 1.807) is 0 Å². The lowest BCUT2D eigenvalue weighted by molar-refractivity contribution is -0.140. The number of allylic oxidation sites excluding steroid dienone is 2. The summed E-state index contributed by atoms with van der Waals surface area (Å²) in [5, 5.41) is 0. The molecule has 2 bridgehead atoms. The van der Waals surface area contributed by atoms with E-state index in [-0.39, 0.29) is 41.6 Å². The summed E-state index contributed by atoms with van der Waals surface area (Å²) in [5.41, 5.74) is 1.48. The number of hydrogen-bond donors (Lipinski definition) is 0. The largest absolute Gasteiger partial charge is 0.342 e. The highest BCUT2D eigenvalue weighted by atomic mass is 16.2. The van der Waals surface area contributed by atoms with E-state index in [2.05, 4.69) is 6.08 Å². The Bertz CT molecular complexity index is 770. The highest BCUT2D eigenvalue weighted by molar-refractivity contribution is 6.14. The molecule has 0 aromatic rings. The van der Waals surface area contributed by atoms with Crippen LogP contribution in [0.25, 0.3) is 0 Å². The third kappa shape index (κ3) is 2.39. The van der Waals surface area contributed by atoms with Crippen LogP contribution in [0.4, 0.5) is 0 Å². The van der Waals surface area contributed by atoms with Gasteiger partial charge in [0.05, 0.1) is 5.92 Å². The first-order chi connectivity index (χ1) is 13.6. The Kier molecular flexibility index (Phi) is 3.90. The quantitative estimate of drug-likeness (QED) is 0.544. The van der Waals surface area contributed by atoms with Crippen molar-refractivity contribution in [3.63, 3.8) is 0 Å². The lowest BCUT2D eigenvalue weighted by atomic mass is 9.51. The Labute approximate surface area is 167 Å². The van der Waals surface area contributed by atoms with Crippen LogP contribution >= 0.6 is 0 Å². The lowest BCUT2D eigenvalue weighted by Crippen LogP contribution is -2.47. The second kappa shape index (κ2) is 6.27. The molecule has 4 heteroatoms. The van der Waals surface area contributed by atoms with Gasteiger partial charge in [-0.05, 0) is 61.7 Å². The van der Waals surface area contributed by atoms with Crippen molar-refractivity contribution in [2.75, 3.05) is 13.1 Å². The number of rotatable bonds is 2. The molecule has 5 aliphatic carbocycles. The van der Waals surface area contributed by atoms with Gasteiger partial charge in [-0.25, -0.2) is 0 Å². The van der Waals surface area contributed by atoms with E-state index in [9.17, 15) is 14.4 Å². The molecule has 8 atom stereocenters. The van der Waals surface area contributed by atoms with Crippen molar-refractivity contribution < 1.29 is 14.4 Å². The molecule has 150 valence electrons. The molecular formula is C24H31NO3. The lowest BCUT2D eigenvalue weighted by Gasteiger charge is -2.52. The smallest absolute Gasteiger partial charge is 0.223 e. The predicted molar refractivity (Wildman–Crippen MR) is 104 cm³/mol. The van der Waals surface area contributed by atoms with Crippen LogP contribution in [0.15, 0.2) is 11.6 Å². The number of likely N-dealkylation sites (tertiary alicyclic amines) is 1. The molecule has 4 fully saturated rings. The summed E-state index contributed by atoms with van der Waals surface area (Å²) < 4.78 is 0. The average molecular weight is 382 g/mol. The average Bonchev–Trinajstić information content (AvgIpc) is 2.91. The maximum Gasteiger partial charge on any atom is 0.223 e. The van der Waals surface area contributed by atoms with Crippen molar-refractivity contribution in [2.24, 2.45) is 47.3 Å². The van der Waals surface area contributed by atoms with Gasteiger partial charge in [-0.3, -0.25) is 14.4 Å². The van der Waals surface area contributed by atoms with Gasteiger partial charge >= 0.3 is 0 Å². The second-order valence-electron chi connectivity index (χ2n) is 10.5. The van der Waals surface area contributed by atoms with Crippen LogP contribution in [0.2, 0.25) is 0 Å². The van der Waals surface area contributed by atoms with Crippen molar-refractivity contribution in [3.05, 3.63) is 11.6 Å². The molecule has 0 N–H and O–H groups in total. The number of nitrogens with zero attached hydrogens (tertiary/aromatic N) is 1. The molecule has 1 amide bonds. The van der Waals surface area contributed by atoms with Crippen LogP contribution < -0.4 is 0 Å². The van der Waals surface area contributed by atoms with Gasteiger partial charge < -0.3 is 4.90 Å². The third-order valence-corrected chi connectivity index (χ3v) is 9.34. The number of carbonyl (C=O) groups is 3. The molecule has 1 aliphatic heterocycles. The Morgan fingerprint density at radius 2 is 1.75 bits per heavy atom. The summed E-state index contributed by atoms with van der Waals surface area (Å²) in [4.78, 5) is 41.5. The highest BCUT2D eigenvalue weighted by Crippen LogP contribution is 2.61. The first-order valence-corrected chi connectivity index (χ1v) is 11.7. The Balaban J connectivity index is 1.17. The van der Waals surface area contributed by atoms with E-state index in [0.29, 0.717) is 17.8 Å². The minimum absolute atomic E-state index is 0.0560. The molecule has 0 spiro atoms. The minimum atomic E-state index is -0.654. The molecular weight excluding hydrogens is 350 g/mol. The van der Waals surface area contributed by atoms with Crippen molar-refractivity contribution in [1.82, 2.24) is 4.90 Å². The van der Waals surface area contributed by atoms with E-state index in [0.717, 1.165) is 38.3 Å². The Morgan fingerprint density at radius 1 is 0.964 bits per heavy atom. The maximum absolute atomic E-state index is 13.2. The molecule has 0 aromatic heterocycles. The van der Waals surface area contributed by atoms with Gasteiger partial charge in [0.25, 0.3) is 0 Å². The van der Waals surface area contributed by atoms with Crippen LogP contribution in [0.1, 0.15) is 57.8 Å². The van der Waals surface area contributed by atoms with Crippen molar-refractivity contribution >= 4 is 17.5 Å². The highest BCUT2D eigenvalue weighted by Gasteiger charge is 2.61. The van der Waals surface area contributed by atoms with E-state index in [4.69, 9.17) is 0 Å². The number of amides is 1. The van der Waals surface area contributed by atoms with Gasteiger partial charge in [0, 0.05) is 31.3 Å². The summed E-state index contributed by atoms with van der Waals surface area (Å²) >= 11 is 0. The van der Waals surface area contributed by atoms with Gasteiger partial charge in [0.15, 0.2) is 0 Å². The van der Waals surface area contributed by atoms with Gasteiger partial charge in [-0.15, -0.1) is 0 Å². The minimum Gasteiger partial charge on any atom is -0.342 e. The zero-order valence-corrected chi connectivity index (χ0v) is 16.6. The molecule has 4 nitrogen and oxygen atoms in total. The fourth-order valence-electron chi connectivity index (χ4n) is 7.84. The molecule has 1 saturated heterocycles. The van der Waals surface area contributed by atoms with Crippen LogP contribution in [-0.2, 0) is 14.4 Å². The summed E-state index contributed by atoms with van der Waals surface area (Å²) in [6.45, 7) is 1.67. The second-order valence-corrected chi connectivity index (χ2v) is 10.5. The molecule has 28 heavy (non-hydrogen) atoms. The zero-order chi connectivity index (χ0) is 19.0. The van der Waals surface area contributed by atoms with E-state index in [1.165, 1.54) is 37.7 Å². The monoisotopic (exact) mass is 381 g/mol. The summed E-state index contributed by atoms with van der Waals surface area (Å²) in [6, 6.07) is 0. The first-order valence-electron chi connectivity index (χ1n) is 11.7. The molecule has 1 heterocycles. The molecule has 0 aromatic carbocycles. The number of Topliss-reactive ketones (excluding diaryl/α,β-unsaturated/α-hetero) is 2. The number of ketones is 2. The van der Waals surface area contributed by atoms with Crippen LogP contribution in [0.5, 0.6) is 0 Å². The normalized spacial score (nSPS) is 46.4. The maximum atomic E-state index is 13.2. The van der Waals surface area contributed by atoms with Gasteiger partial charge in [0.2, 0.25) is 5.91 Å².